The van der Waals surface area contributed by atoms with Crippen molar-refractivity contribution in [2.75, 3.05) is 13.7 Å². The Kier molecular flexibility index (Phi) is 15.5. The molecule has 2 nitrogen and oxygen atoms in total. The van der Waals surface area contributed by atoms with E-state index in [0.29, 0.717) is 6.29 Å². The smallest absolute Gasteiger partial charge is 1.00 e. The van der Waals surface area contributed by atoms with Gasteiger partial charge in [-0.1, -0.05) is 0 Å². The van der Waals surface area contributed by atoms with Crippen molar-refractivity contribution in [1.29, 1.82) is 0 Å². The second kappa shape index (κ2) is 9.31. The zero-order valence-corrected chi connectivity index (χ0v) is 6.02. The third-order valence-electron chi connectivity index (χ3n) is 0.235. The van der Waals surface area contributed by atoms with E-state index < -0.39 is 0 Å². The maximum absolute atomic E-state index is 9.28. The zero-order valence-electron chi connectivity index (χ0n) is 5.81. The molecule has 0 amide bonds. The van der Waals surface area contributed by atoms with E-state index >= 15 is 0 Å². The Hall–Kier alpha value is 0.890. The van der Waals surface area contributed by atoms with E-state index in [2.05, 4.69) is 4.74 Å². The van der Waals surface area contributed by atoms with E-state index in [1.54, 1.807) is 0 Å². The normalized spacial score (nSPS) is 6.17. The number of rotatable bonds is 2. The summed E-state index contributed by atoms with van der Waals surface area (Å²) >= 11 is 0. The first-order valence-corrected chi connectivity index (χ1v) is 1.34. The van der Waals surface area contributed by atoms with E-state index in [1.807, 2.05) is 0 Å². The molecule has 0 aromatic heterocycles. The molecule has 0 saturated heterocycles. The first-order valence-electron chi connectivity index (χ1n) is 1.34. The van der Waals surface area contributed by atoms with Crippen LogP contribution in [0.3, 0.4) is 0 Å². The summed E-state index contributed by atoms with van der Waals surface area (Å²) in [7, 11) is 1.48. The predicted molar refractivity (Wildman–Crippen MR) is 25.9 cm³/mol. The van der Waals surface area contributed by atoms with Gasteiger partial charge in [-0.05, 0) is 0 Å². The molecule has 0 atom stereocenters. The van der Waals surface area contributed by atoms with Gasteiger partial charge in [0.15, 0.2) is 0 Å². The molecule has 0 aliphatic rings. The molecule has 0 aromatic rings. The van der Waals surface area contributed by atoms with Gasteiger partial charge < -0.3 is 12.4 Å². The Labute approximate surface area is 69.8 Å². The first kappa shape index (κ1) is 10.00. The van der Waals surface area contributed by atoms with Gasteiger partial charge in [-0.25, -0.2) is 0 Å². The summed E-state index contributed by atoms with van der Waals surface area (Å²) in [5.74, 6) is 0. The Morgan fingerprint density at radius 1 is 2.00 bits per heavy atom. The van der Waals surface area contributed by atoms with E-state index in [0.717, 1.165) is 0 Å². The van der Waals surface area contributed by atoms with Gasteiger partial charge in [-0.2, -0.15) is 0 Å². The zero-order chi connectivity index (χ0) is 4.12. The molecule has 6 heavy (non-hydrogen) atoms. The number of aldehydes is 1. The molecule has 0 saturated carbocycles. The third-order valence-corrected chi connectivity index (χ3v) is 0.235. The SMILES string of the molecule is COCC=O.[Ca+2].[H-].[H-]. The van der Waals surface area contributed by atoms with Crippen LogP contribution in [-0.4, -0.2) is 57.7 Å². The number of hydrogen-bond donors (Lipinski definition) is 0. The van der Waals surface area contributed by atoms with Crippen LogP contribution in [0.4, 0.5) is 0 Å². The van der Waals surface area contributed by atoms with Crippen molar-refractivity contribution < 1.29 is 12.4 Å². The minimum atomic E-state index is 0. The van der Waals surface area contributed by atoms with Crippen LogP contribution in [-0.2, 0) is 9.53 Å². The van der Waals surface area contributed by atoms with Crippen LogP contribution in [0.15, 0.2) is 0 Å². The minimum Gasteiger partial charge on any atom is -1.00 e. The third kappa shape index (κ3) is 8.86. The topological polar surface area (TPSA) is 26.3 Å². The van der Waals surface area contributed by atoms with Crippen LogP contribution in [0.25, 0.3) is 0 Å². The van der Waals surface area contributed by atoms with E-state index in [1.165, 1.54) is 7.11 Å². The Morgan fingerprint density at radius 3 is 2.50 bits per heavy atom. The molecule has 0 fully saturated rings. The fourth-order valence-corrected chi connectivity index (χ4v) is 0.0680. The second-order valence-electron chi connectivity index (χ2n) is 0.622. The molecule has 0 rings (SSSR count). The summed E-state index contributed by atoms with van der Waals surface area (Å²) in [6.45, 7) is 0.208. The molecule has 0 bridgehead atoms. The molecule has 0 spiro atoms. The number of ether oxygens (including phenoxy) is 1. The molecule has 0 aliphatic carbocycles. The molecule has 0 unspecified atom stereocenters. The van der Waals surface area contributed by atoms with Crippen molar-refractivity contribution in [3.8, 4) is 0 Å². The van der Waals surface area contributed by atoms with Gasteiger partial charge >= 0.3 is 37.7 Å². The van der Waals surface area contributed by atoms with Gasteiger partial charge in [0, 0.05) is 7.11 Å². The molecule has 0 aromatic carbocycles. The van der Waals surface area contributed by atoms with Gasteiger partial charge in [0.2, 0.25) is 0 Å². The summed E-state index contributed by atoms with van der Waals surface area (Å²) in [5, 5.41) is 0. The average molecular weight is 116 g/mol. The molecule has 34 valence electrons. The van der Waals surface area contributed by atoms with Crippen LogP contribution in [0, 0.1) is 0 Å². The number of carbonyl (C=O) groups excluding carboxylic acids is 1. The van der Waals surface area contributed by atoms with Gasteiger partial charge in [0.1, 0.15) is 12.9 Å². The van der Waals surface area contributed by atoms with Crippen molar-refractivity contribution in [2.45, 2.75) is 0 Å². The molecule has 3 heteroatoms. The van der Waals surface area contributed by atoms with Crippen molar-refractivity contribution in [1.82, 2.24) is 0 Å². The monoisotopic (exact) mass is 116 g/mol. The summed E-state index contributed by atoms with van der Waals surface area (Å²) in [6.07, 6.45) is 0.708. The van der Waals surface area contributed by atoms with Crippen LogP contribution in [0.1, 0.15) is 2.85 Å². The maximum Gasteiger partial charge on any atom is 2.00 e. The maximum atomic E-state index is 9.28. The van der Waals surface area contributed by atoms with Gasteiger partial charge in [0.05, 0.1) is 0 Å². The average Bonchev–Trinajstić information content (AvgIpc) is 1.41. The first-order chi connectivity index (χ1) is 2.41. The Bertz CT molecular complexity index is 36.5. The van der Waals surface area contributed by atoms with Gasteiger partial charge in [0.25, 0.3) is 0 Å². The largest absolute Gasteiger partial charge is 2.00 e. The Balaban J connectivity index is -0.0000000267. The molecule has 0 N–H and O–H groups in total. The molecule has 0 aliphatic heterocycles. The quantitative estimate of drug-likeness (QED) is 0.365. The number of hydrogen-bond acceptors (Lipinski definition) is 2. The summed E-state index contributed by atoms with van der Waals surface area (Å²) in [5.41, 5.74) is 0. The summed E-state index contributed by atoms with van der Waals surface area (Å²) in [4.78, 5) is 9.28. The molecular formula is C3H8CaO2. The standard InChI is InChI=1S/C3H6O2.Ca.2H/c1-5-3-2-4;;;/h2H,3H2,1H3;;;/q;+2;2*-1. The van der Waals surface area contributed by atoms with Crippen LogP contribution < -0.4 is 0 Å². The fraction of sp³-hybridized carbons (Fsp3) is 0.667. The fourth-order valence-electron chi connectivity index (χ4n) is 0.0680. The molecular weight excluding hydrogens is 108 g/mol. The van der Waals surface area contributed by atoms with Crippen molar-refractivity contribution in [2.24, 2.45) is 0 Å². The predicted octanol–water partition coefficient (Wildman–Crippen LogP) is -0.324. The van der Waals surface area contributed by atoms with Crippen LogP contribution in [0.2, 0.25) is 0 Å². The van der Waals surface area contributed by atoms with E-state index in [-0.39, 0.29) is 47.2 Å². The van der Waals surface area contributed by atoms with Crippen LogP contribution >= 0.6 is 0 Å². The van der Waals surface area contributed by atoms with Crippen molar-refractivity contribution >= 4 is 44.0 Å². The van der Waals surface area contributed by atoms with Crippen molar-refractivity contribution in [3.63, 3.8) is 0 Å². The molecule has 0 radical (unpaired) electrons. The molecule has 0 heterocycles. The Morgan fingerprint density at radius 2 is 2.50 bits per heavy atom. The van der Waals surface area contributed by atoms with Crippen molar-refractivity contribution in [3.05, 3.63) is 0 Å². The van der Waals surface area contributed by atoms with Crippen LogP contribution in [0.5, 0.6) is 0 Å². The number of methoxy groups -OCH3 is 1. The minimum absolute atomic E-state index is 0. The van der Waals surface area contributed by atoms with Gasteiger partial charge in [-0.3, -0.25) is 0 Å². The summed E-state index contributed by atoms with van der Waals surface area (Å²) < 4.78 is 4.32. The van der Waals surface area contributed by atoms with E-state index in [4.69, 9.17) is 0 Å². The summed E-state index contributed by atoms with van der Waals surface area (Å²) in [6, 6.07) is 0. The number of carbonyl (C=O) groups is 1. The van der Waals surface area contributed by atoms with E-state index in [9.17, 15) is 4.79 Å². The van der Waals surface area contributed by atoms with Gasteiger partial charge in [-0.15, -0.1) is 0 Å². The second-order valence-corrected chi connectivity index (χ2v) is 0.622.